The number of aromatic nitrogens is 1. The minimum absolute atomic E-state index is 0.670. The summed E-state index contributed by atoms with van der Waals surface area (Å²) in [5, 5.41) is 1.23. The number of fused-ring (bicyclic) bond motifs is 1. The molecule has 3 rings (SSSR count). The molecule has 0 aliphatic rings. The number of halogens is 1. The molecule has 0 spiro atoms. The molecular weight excluding hydrogens is 328 g/mol. The molecule has 3 nitrogen and oxygen atoms in total. The molecule has 2 aromatic carbocycles. The van der Waals surface area contributed by atoms with Crippen molar-refractivity contribution in [2.24, 2.45) is 0 Å². The first-order valence-corrected chi connectivity index (χ1v) is 7.57. The fourth-order valence-electron chi connectivity index (χ4n) is 2.66. The average molecular weight is 345 g/mol. The summed E-state index contributed by atoms with van der Waals surface area (Å²) in [5.41, 5.74) is 10.3. The Morgan fingerprint density at radius 1 is 1.19 bits per heavy atom. The largest absolute Gasteiger partial charge is 0.495 e. The summed E-state index contributed by atoms with van der Waals surface area (Å²) in [4.78, 5) is 0. The molecule has 21 heavy (non-hydrogen) atoms. The fourth-order valence-corrected chi connectivity index (χ4v) is 3.21. The number of nitrogens with two attached hydrogens (primary N) is 1. The molecule has 0 saturated heterocycles. The number of ether oxygens (including phenoxy) is 1. The van der Waals surface area contributed by atoms with Gasteiger partial charge >= 0.3 is 0 Å². The first kappa shape index (κ1) is 14.0. The van der Waals surface area contributed by atoms with Crippen LogP contribution in [-0.4, -0.2) is 11.7 Å². The van der Waals surface area contributed by atoms with Gasteiger partial charge in [-0.3, -0.25) is 0 Å². The predicted molar refractivity (Wildman–Crippen MR) is 90.9 cm³/mol. The van der Waals surface area contributed by atoms with Crippen molar-refractivity contribution in [2.75, 3.05) is 12.8 Å². The molecule has 4 heteroatoms. The maximum Gasteiger partial charge on any atom is 0.141 e. The fraction of sp³-hybridized carbons (Fsp3) is 0.176. The van der Waals surface area contributed by atoms with Gasteiger partial charge in [0.1, 0.15) is 5.75 Å². The summed E-state index contributed by atoms with van der Waals surface area (Å²) in [6.45, 7) is 2.91. The zero-order valence-corrected chi connectivity index (χ0v) is 13.6. The van der Waals surface area contributed by atoms with Crippen molar-refractivity contribution >= 4 is 32.5 Å². The minimum Gasteiger partial charge on any atom is -0.495 e. The van der Waals surface area contributed by atoms with Crippen LogP contribution in [0.25, 0.3) is 10.9 Å². The number of methoxy groups -OCH3 is 1. The van der Waals surface area contributed by atoms with E-state index in [1.54, 1.807) is 7.11 Å². The maximum absolute atomic E-state index is 6.00. The van der Waals surface area contributed by atoms with Crippen LogP contribution in [0.4, 0.5) is 5.69 Å². The van der Waals surface area contributed by atoms with Gasteiger partial charge in [-0.05, 0) is 46.6 Å². The Bertz CT molecular complexity index is 808. The van der Waals surface area contributed by atoms with Gasteiger partial charge < -0.3 is 15.0 Å². The molecule has 0 saturated carbocycles. The van der Waals surface area contributed by atoms with E-state index in [4.69, 9.17) is 10.5 Å². The SMILES string of the molecule is COc1ccc(Cn2c(C)c(Br)c3ccccc32)cc1N. The summed E-state index contributed by atoms with van der Waals surface area (Å²) < 4.78 is 8.65. The van der Waals surface area contributed by atoms with Crippen molar-refractivity contribution in [2.45, 2.75) is 13.5 Å². The lowest BCUT2D eigenvalue weighted by atomic mass is 10.2. The molecule has 0 unspecified atom stereocenters. The standard InChI is InChI=1S/C17H17BrN2O/c1-11-17(18)13-5-3-4-6-15(13)20(11)10-12-7-8-16(21-2)14(19)9-12/h3-9H,10,19H2,1-2H3. The summed E-state index contributed by atoms with van der Waals surface area (Å²) >= 11 is 3.69. The second-order valence-corrected chi connectivity index (χ2v) is 5.87. The highest BCUT2D eigenvalue weighted by Gasteiger charge is 2.12. The van der Waals surface area contributed by atoms with E-state index < -0.39 is 0 Å². The Morgan fingerprint density at radius 3 is 2.67 bits per heavy atom. The number of hydrogen-bond donors (Lipinski definition) is 1. The molecule has 0 aliphatic carbocycles. The smallest absolute Gasteiger partial charge is 0.141 e. The highest BCUT2D eigenvalue weighted by Crippen LogP contribution is 2.31. The average Bonchev–Trinajstić information content (AvgIpc) is 2.73. The van der Waals surface area contributed by atoms with Crippen molar-refractivity contribution in [3.05, 3.63) is 58.2 Å². The molecule has 3 aromatic rings. The van der Waals surface area contributed by atoms with Crippen LogP contribution in [-0.2, 0) is 6.54 Å². The molecule has 1 heterocycles. The van der Waals surface area contributed by atoms with E-state index in [2.05, 4.69) is 57.8 Å². The van der Waals surface area contributed by atoms with Crippen molar-refractivity contribution in [1.82, 2.24) is 4.57 Å². The van der Waals surface area contributed by atoms with Crippen LogP contribution in [0.3, 0.4) is 0 Å². The number of anilines is 1. The van der Waals surface area contributed by atoms with Crippen LogP contribution in [0, 0.1) is 6.92 Å². The third-order valence-electron chi connectivity index (χ3n) is 3.79. The summed E-state index contributed by atoms with van der Waals surface area (Å²) in [5.74, 6) is 0.717. The number of para-hydroxylation sites is 1. The van der Waals surface area contributed by atoms with E-state index in [0.29, 0.717) is 11.4 Å². The lowest BCUT2D eigenvalue weighted by Gasteiger charge is -2.11. The third kappa shape index (κ3) is 2.40. The Hall–Kier alpha value is -1.94. The molecule has 108 valence electrons. The highest BCUT2D eigenvalue weighted by atomic mass is 79.9. The van der Waals surface area contributed by atoms with E-state index in [9.17, 15) is 0 Å². The maximum atomic E-state index is 6.00. The van der Waals surface area contributed by atoms with E-state index in [1.165, 1.54) is 16.6 Å². The summed E-state index contributed by atoms with van der Waals surface area (Å²) in [7, 11) is 1.63. The summed E-state index contributed by atoms with van der Waals surface area (Å²) in [6.07, 6.45) is 0. The van der Waals surface area contributed by atoms with Gasteiger partial charge in [0, 0.05) is 27.6 Å². The Labute approximate surface area is 132 Å². The lowest BCUT2D eigenvalue weighted by Crippen LogP contribution is -2.03. The monoisotopic (exact) mass is 344 g/mol. The third-order valence-corrected chi connectivity index (χ3v) is 4.79. The number of rotatable bonds is 3. The van der Waals surface area contributed by atoms with Crippen molar-refractivity contribution in [1.29, 1.82) is 0 Å². The van der Waals surface area contributed by atoms with Crippen LogP contribution in [0.2, 0.25) is 0 Å². The van der Waals surface area contributed by atoms with E-state index in [1.807, 2.05) is 12.1 Å². The van der Waals surface area contributed by atoms with Gasteiger partial charge in [-0.1, -0.05) is 24.3 Å². The number of nitrogen functional groups attached to an aromatic ring is 1. The van der Waals surface area contributed by atoms with Gasteiger partial charge in [-0.15, -0.1) is 0 Å². The zero-order chi connectivity index (χ0) is 15.0. The molecular formula is C17H17BrN2O. The van der Waals surface area contributed by atoms with Crippen LogP contribution < -0.4 is 10.5 Å². The van der Waals surface area contributed by atoms with Crippen molar-refractivity contribution < 1.29 is 4.74 Å². The van der Waals surface area contributed by atoms with E-state index in [0.717, 1.165) is 16.6 Å². The number of benzene rings is 2. The second-order valence-electron chi connectivity index (χ2n) is 5.08. The van der Waals surface area contributed by atoms with Gasteiger partial charge in [0.25, 0.3) is 0 Å². The van der Waals surface area contributed by atoms with Gasteiger partial charge in [0.15, 0.2) is 0 Å². The molecule has 2 N–H and O–H groups in total. The summed E-state index contributed by atoms with van der Waals surface area (Å²) in [6, 6.07) is 14.3. The topological polar surface area (TPSA) is 40.2 Å². The molecule has 0 fully saturated rings. The zero-order valence-electron chi connectivity index (χ0n) is 12.1. The van der Waals surface area contributed by atoms with Crippen molar-refractivity contribution in [3.63, 3.8) is 0 Å². The first-order valence-electron chi connectivity index (χ1n) is 6.77. The molecule has 0 bridgehead atoms. The molecule has 0 atom stereocenters. The molecule has 0 aliphatic heterocycles. The second kappa shape index (κ2) is 5.45. The van der Waals surface area contributed by atoms with Gasteiger partial charge in [-0.2, -0.15) is 0 Å². The molecule has 0 amide bonds. The normalized spacial score (nSPS) is 11.0. The number of hydrogen-bond acceptors (Lipinski definition) is 2. The van der Waals surface area contributed by atoms with Crippen LogP contribution in [0.15, 0.2) is 46.9 Å². The van der Waals surface area contributed by atoms with Gasteiger partial charge in [0.05, 0.1) is 12.8 Å². The Morgan fingerprint density at radius 2 is 1.95 bits per heavy atom. The Kier molecular flexibility index (Phi) is 3.64. The highest BCUT2D eigenvalue weighted by molar-refractivity contribution is 9.10. The van der Waals surface area contributed by atoms with Gasteiger partial charge in [-0.25, -0.2) is 0 Å². The first-order chi connectivity index (χ1) is 10.1. The van der Waals surface area contributed by atoms with E-state index >= 15 is 0 Å². The van der Waals surface area contributed by atoms with Crippen molar-refractivity contribution in [3.8, 4) is 5.75 Å². The number of nitrogens with zero attached hydrogens (tertiary/aromatic N) is 1. The van der Waals surface area contributed by atoms with Crippen LogP contribution in [0.1, 0.15) is 11.3 Å². The molecule has 0 radical (unpaired) electrons. The minimum atomic E-state index is 0.670. The van der Waals surface area contributed by atoms with E-state index in [-0.39, 0.29) is 0 Å². The van der Waals surface area contributed by atoms with Crippen LogP contribution >= 0.6 is 15.9 Å². The van der Waals surface area contributed by atoms with Gasteiger partial charge in [0.2, 0.25) is 0 Å². The quantitative estimate of drug-likeness (QED) is 0.717. The lowest BCUT2D eigenvalue weighted by molar-refractivity contribution is 0.417. The predicted octanol–water partition coefficient (Wildman–Crippen LogP) is 4.35. The Balaban J connectivity index is 2.06. The van der Waals surface area contributed by atoms with Crippen LogP contribution in [0.5, 0.6) is 5.75 Å². The molecule has 1 aromatic heterocycles.